The molecule has 0 atom stereocenters. The Balaban J connectivity index is 1.56. The van der Waals surface area contributed by atoms with Gasteiger partial charge in [-0.1, -0.05) is 12.1 Å². The van der Waals surface area contributed by atoms with Crippen LogP contribution in [0.1, 0.15) is 32.9 Å². The van der Waals surface area contributed by atoms with E-state index < -0.39 is 11.8 Å². The molecule has 0 aliphatic heterocycles. The van der Waals surface area contributed by atoms with Crippen molar-refractivity contribution in [1.82, 2.24) is 4.98 Å². The Morgan fingerprint density at radius 2 is 1.80 bits per heavy atom. The van der Waals surface area contributed by atoms with Crippen molar-refractivity contribution in [3.8, 4) is 11.5 Å². The van der Waals surface area contributed by atoms with Gasteiger partial charge in [-0.05, 0) is 79.1 Å². The normalized spacial score (nSPS) is 11.3. The summed E-state index contributed by atoms with van der Waals surface area (Å²) in [6, 6.07) is 14.1. The standard InChI is InChI=1S/C24H18FNO4/c1-14-11-16(12-15(2)23(14)27)7-10-22-26-19-9-8-17(13-21(19)29-22)24(28)30-20-6-4-3-5-18(20)25/h3-13,27H,1-2H3. The van der Waals surface area contributed by atoms with Crippen molar-refractivity contribution >= 4 is 29.2 Å². The highest BCUT2D eigenvalue weighted by atomic mass is 19.1. The van der Waals surface area contributed by atoms with E-state index in [1.54, 1.807) is 24.3 Å². The Morgan fingerprint density at radius 3 is 2.53 bits per heavy atom. The first kappa shape index (κ1) is 19.4. The maximum Gasteiger partial charge on any atom is 0.343 e. The van der Waals surface area contributed by atoms with Crippen molar-refractivity contribution in [3.05, 3.63) is 88.6 Å². The average Bonchev–Trinajstić information content (AvgIpc) is 3.14. The number of nitrogens with zero attached hydrogens (tertiary/aromatic N) is 1. The minimum Gasteiger partial charge on any atom is -0.507 e. The molecule has 30 heavy (non-hydrogen) atoms. The molecule has 0 fully saturated rings. The number of oxazole rings is 1. The number of aromatic hydroxyl groups is 1. The van der Waals surface area contributed by atoms with Crippen LogP contribution in [0.5, 0.6) is 11.5 Å². The van der Waals surface area contributed by atoms with E-state index in [0.717, 1.165) is 16.7 Å². The molecule has 6 heteroatoms. The Kier molecular flexibility index (Phi) is 5.06. The summed E-state index contributed by atoms with van der Waals surface area (Å²) in [6.45, 7) is 3.67. The van der Waals surface area contributed by atoms with E-state index in [1.165, 1.54) is 24.3 Å². The second-order valence-corrected chi connectivity index (χ2v) is 6.89. The highest BCUT2D eigenvalue weighted by Gasteiger charge is 2.14. The molecule has 1 N–H and O–H groups in total. The number of hydrogen-bond acceptors (Lipinski definition) is 5. The van der Waals surface area contributed by atoms with Crippen LogP contribution in [0, 0.1) is 19.7 Å². The van der Waals surface area contributed by atoms with Gasteiger partial charge in [0.25, 0.3) is 0 Å². The number of hydrogen-bond donors (Lipinski definition) is 1. The molecule has 1 heterocycles. The molecular weight excluding hydrogens is 385 g/mol. The molecule has 150 valence electrons. The van der Waals surface area contributed by atoms with Gasteiger partial charge >= 0.3 is 5.97 Å². The van der Waals surface area contributed by atoms with Gasteiger partial charge in [-0.25, -0.2) is 14.2 Å². The van der Waals surface area contributed by atoms with E-state index in [1.807, 2.05) is 32.1 Å². The maximum absolute atomic E-state index is 13.7. The Bertz CT molecular complexity index is 1270. The summed E-state index contributed by atoms with van der Waals surface area (Å²) in [5, 5.41) is 9.88. The Labute approximate surface area is 172 Å². The fourth-order valence-electron chi connectivity index (χ4n) is 3.08. The van der Waals surface area contributed by atoms with Crippen molar-refractivity contribution in [2.24, 2.45) is 0 Å². The number of esters is 1. The Morgan fingerprint density at radius 1 is 1.07 bits per heavy atom. The molecule has 4 rings (SSSR count). The van der Waals surface area contributed by atoms with Gasteiger partial charge in [0.1, 0.15) is 11.3 Å². The lowest BCUT2D eigenvalue weighted by Crippen LogP contribution is -2.09. The number of halogens is 1. The number of aromatic nitrogens is 1. The molecule has 0 aliphatic rings. The zero-order chi connectivity index (χ0) is 21.3. The molecule has 1 aromatic heterocycles. The summed E-state index contributed by atoms with van der Waals surface area (Å²) in [7, 11) is 0. The highest BCUT2D eigenvalue weighted by Crippen LogP contribution is 2.25. The van der Waals surface area contributed by atoms with Gasteiger partial charge in [-0.2, -0.15) is 0 Å². The van der Waals surface area contributed by atoms with Crippen LogP contribution in [0.4, 0.5) is 4.39 Å². The summed E-state index contributed by atoms with van der Waals surface area (Å²) in [6.07, 6.45) is 3.54. The third-order valence-corrected chi connectivity index (χ3v) is 4.61. The number of fused-ring (bicyclic) bond motifs is 1. The molecule has 0 amide bonds. The second kappa shape index (κ2) is 7.83. The van der Waals surface area contributed by atoms with Crippen LogP contribution in [0.3, 0.4) is 0 Å². The van der Waals surface area contributed by atoms with Crippen LogP contribution >= 0.6 is 0 Å². The summed E-state index contributed by atoms with van der Waals surface area (Å²) in [4.78, 5) is 16.7. The van der Waals surface area contributed by atoms with Gasteiger partial charge in [0.2, 0.25) is 5.89 Å². The number of aryl methyl sites for hydroxylation is 2. The fraction of sp³-hybridized carbons (Fsp3) is 0.0833. The third kappa shape index (κ3) is 3.93. The Hall–Kier alpha value is -3.93. The number of benzene rings is 3. The number of para-hydroxylation sites is 1. The number of rotatable bonds is 4. The SMILES string of the molecule is Cc1cc(C=Cc2nc3ccc(C(=O)Oc4ccccc4F)cc3o2)cc(C)c1O. The summed E-state index contributed by atoms with van der Waals surface area (Å²) < 4.78 is 24.5. The lowest BCUT2D eigenvalue weighted by molar-refractivity contribution is 0.0728. The first-order valence-corrected chi connectivity index (χ1v) is 9.26. The predicted octanol–water partition coefficient (Wildman–Crippen LogP) is 5.68. The fourth-order valence-corrected chi connectivity index (χ4v) is 3.08. The van der Waals surface area contributed by atoms with E-state index in [0.29, 0.717) is 17.0 Å². The first-order valence-electron chi connectivity index (χ1n) is 9.26. The van der Waals surface area contributed by atoms with E-state index >= 15 is 0 Å². The van der Waals surface area contributed by atoms with E-state index in [-0.39, 0.29) is 17.1 Å². The average molecular weight is 403 g/mol. The second-order valence-electron chi connectivity index (χ2n) is 6.89. The quantitative estimate of drug-likeness (QED) is 0.351. The van der Waals surface area contributed by atoms with E-state index in [9.17, 15) is 14.3 Å². The van der Waals surface area contributed by atoms with E-state index in [4.69, 9.17) is 9.15 Å². The smallest absolute Gasteiger partial charge is 0.343 e. The van der Waals surface area contributed by atoms with Crippen molar-refractivity contribution < 1.29 is 23.4 Å². The molecule has 0 bridgehead atoms. The van der Waals surface area contributed by atoms with Gasteiger partial charge in [0, 0.05) is 6.08 Å². The minimum absolute atomic E-state index is 0.136. The van der Waals surface area contributed by atoms with Gasteiger partial charge in [0.15, 0.2) is 17.1 Å². The largest absolute Gasteiger partial charge is 0.507 e. The maximum atomic E-state index is 13.7. The number of carbonyl (C=O) groups is 1. The van der Waals surface area contributed by atoms with Crippen LogP contribution in [0.25, 0.3) is 23.3 Å². The molecule has 5 nitrogen and oxygen atoms in total. The van der Waals surface area contributed by atoms with Gasteiger partial charge in [0.05, 0.1) is 5.56 Å². The van der Waals surface area contributed by atoms with Crippen molar-refractivity contribution in [3.63, 3.8) is 0 Å². The van der Waals surface area contributed by atoms with Crippen molar-refractivity contribution in [2.45, 2.75) is 13.8 Å². The van der Waals surface area contributed by atoms with Gasteiger partial charge < -0.3 is 14.3 Å². The van der Waals surface area contributed by atoms with Crippen LogP contribution < -0.4 is 4.74 Å². The lowest BCUT2D eigenvalue weighted by Gasteiger charge is -2.04. The minimum atomic E-state index is -0.689. The molecule has 0 aliphatic carbocycles. The monoisotopic (exact) mass is 403 g/mol. The van der Waals surface area contributed by atoms with Crippen LogP contribution in [-0.2, 0) is 0 Å². The third-order valence-electron chi connectivity index (χ3n) is 4.61. The zero-order valence-electron chi connectivity index (χ0n) is 16.3. The summed E-state index contributed by atoms with van der Waals surface area (Å²) >= 11 is 0. The van der Waals surface area contributed by atoms with Gasteiger partial charge in [-0.3, -0.25) is 0 Å². The predicted molar refractivity (Wildman–Crippen MR) is 112 cm³/mol. The molecule has 0 saturated carbocycles. The number of carbonyl (C=O) groups excluding carboxylic acids is 1. The molecule has 4 aromatic rings. The van der Waals surface area contributed by atoms with Crippen LogP contribution in [0.15, 0.2) is 59.0 Å². The van der Waals surface area contributed by atoms with Crippen LogP contribution in [0.2, 0.25) is 0 Å². The molecule has 0 radical (unpaired) electrons. The van der Waals surface area contributed by atoms with Crippen molar-refractivity contribution in [1.29, 1.82) is 0 Å². The molecule has 0 saturated heterocycles. The number of phenolic OH excluding ortho intramolecular Hbond substituents is 1. The zero-order valence-corrected chi connectivity index (χ0v) is 16.3. The van der Waals surface area contributed by atoms with Crippen molar-refractivity contribution in [2.75, 3.05) is 0 Å². The number of phenols is 1. The molecule has 3 aromatic carbocycles. The van der Waals surface area contributed by atoms with Gasteiger partial charge in [-0.15, -0.1) is 0 Å². The molecule has 0 spiro atoms. The lowest BCUT2D eigenvalue weighted by atomic mass is 10.1. The van der Waals surface area contributed by atoms with E-state index in [2.05, 4.69) is 4.98 Å². The first-order chi connectivity index (χ1) is 14.4. The molecule has 0 unspecified atom stereocenters. The summed E-state index contributed by atoms with van der Waals surface area (Å²) in [5.41, 5.74) is 3.68. The van der Waals surface area contributed by atoms with Crippen LogP contribution in [-0.4, -0.2) is 16.1 Å². The molecular formula is C24H18FNO4. The topological polar surface area (TPSA) is 72.6 Å². The summed E-state index contributed by atoms with van der Waals surface area (Å²) in [5.74, 6) is -0.788. The highest BCUT2D eigenvalue weighted by molar-refractivity contribution is 5.94. The number of ether oxygens (including phenoxy) is 1.